The number of hydrogen-bond donors (Lipinski definition) is 1. The van der Waals surface area contributed by atoms with Crippen LogP contribution in [0.1, 0.15) is 29.7 Å². The van der Waals surface area contributed by atoms with Crippen LogP contribution in [0.25, 0.3) is 0 Å². The average molecular weight is 399 g/mol. The predicted octanol–water partition coefficient (Wildman–Crippen LogP) is 3.97. The van der Waals surface area contributed by atoms with Crippen molar-refractivity contribution < 1.29 is 9.53 Å². The van der Waals surface area contributed by atoms with E-state index in [9.17, 15) is 4.79 Å². The van der Waals surface area contributed by atoms with E-state index in [1.807, 2.05) is 6.07 Å². The summed E-state index contributed by atoms with van der Waals surface area (Å²) in [5, 5.41) is 3.24. The number of aryl methyl sites for hydroxylation is 2. The molecule has 1 aliphatic rings. The van der Waals surface area contributed by atoms with Crippen molar-refractivity contribution in [2.24, 2.45) is 0 Å². The van der Waals surface area contributed by atoms with Gasteiger partial charge in [0.25, 0.3) is 0 Å². The summed E-state index contributed by atoms with van der Waals surface area (Å²) in [6.45, 7) is 9.53. The molecule has 3 rings (SSSR count). The summed E-state index contributed by atoms with van der Waals surface area (Å²) in [6, 6.07) is 17.0. The van der Waals surface area contributed by atoms with E-state index in [-0.39, 0.29) is 18.0 Å². The quantitative estimate of drug-likeness (QED) is 0.717. The van der Waals surface area contributed by atoms with Crippen LogP contribution >= 0.6 is 11.8 Å². The predicted molar refractivity (Wildman–Crippen MR) is 116 cm³/mol. The maximum absolute atomic E-state index is 12.7. The summed E-state index contributed by atoms with van der Waals surface area (Å²) < 4.78 is 5.52. The van der Waals surface area contributed by atoms with Crippen molar-refractivity contribution in [3.8, 4) is 0 Å². The SMILES string of the molecule is Cc1ccc(C)c(SCC(=O)N[C@@H](C)[C@@H](c2ccccc2)N2CCOCC2)c1. The Morgan fingerprint density at radius 3 is 2.57 bits per heavy atom. The van der Waals surface area contributed by atoms with Crippen molar-refractivity contribution in [1.29, 1.82) is 0 Å². The Hall–Kier alpha value is -1.82. The first-order valence-corrected chi connectivity index (χ1v) is 10.9. The number of morpholine rings is 1. The van der Waals surface area contributed by atoms with E-state index in [0.29, 0.717) is 5.75 Å². The highest BCUT2D eigenvalue weighted by Gasteiger charge is 2.28. The number of carbonyl (C=O) groups excluding carboxylic acids is 1. The van der Waals surface area contributed by atoms with Crippen molar-refractivity contribution in [3.05, 3.63) is 65.2 Å². The zero-order valence-electron chi connectivity index (χ0n) is 17.0. The van der Waals surface area contributed by atoms with Crippen molar-refractivity contribution >= 4 is 17.7 Å². The molecule has 0 radical (unpaired) electrons. The van der Waals surface area contributed by atoms with Gasteiger partial charge in [0.05, 0.1) is 25.0 Å². The fourth-order valence-electron chi connectivity index (χ4n) is 3.70. The fourth-order valence-corrected chi connectivity index (χ4v) is 4.64. The standard InChI is InChI=1S/C23H30N2O2S/c1-17-9-10-18(2)21(15-17)28-16-22(26)24-19(3)23(20-7-5-4-6-8-20)25-11-13-27-14-12-25/h4-10,15,19,23H,11-14,16H2,1-3H3,(H,24,26)/t19-,23-/m0/s1. The molecule has 5 heteroatoms. The van der Waals surface area contributed by atoms with Crippen molar-refractivity contribution in [3.63, 3.8) is 0 Å². The Morgan fingerprint density at radius 2 is 1.86 bits per heavy atom. The lowest BCUT2D eigenvalue weighted by atomic mass is 9.98. The van der Waals surface area contributed by atoms with E-state index < -0.39 is 0 Å². The second kappa shape index (κ2) is 10.1. The molecule has 1 heterocycles. The third-order valence-electron chi connectivity index (χ3n) is 5.14. The molecule has 4 nitrogen and oxygen atoms in total. The van der Waals surface area contributed by atoms with Gasteiger partial charge in [-0.3, -0.25) is 9.69 Å². The van der Waals surface area contributed by atoms with Gasteiger partial charge in [0.1, 0.15) is 0 Å². The highest BCUT2D eigenvalue weighted by Crippen LogP contribution is 2.26. The Labute approximate surface area is 172 Å². The maximum atomic E-state index is 12.7. The topological polar surface area (TPSA) is 41.6 Å². The molecule has 1 aliphatic heterocycles. The van der Waals surface area contributed by atoms with Gasteiger partial charge in [0.15, 0.2) is 0 Å². The van der Waals surface area contributed by atoms with E-state index in [0.717, 1.165) is 26.3 Å². The van der Waals surface area contributed by atoms with E-state index in [1.54, 1.807) is 11.8 Å². The molecule has 0 aromatic heterocycles. The number of nitrogens with one attached hydrogen (secondary N) is 1. The number of hydrogen-bond acceptors (Lipinski definition) is 4. The van der Waals surface area contributed by atoms with E-state index in [4.69, 9.17) is 4.74 Å². The molecule has 1 N–H and O–H groups in total. The molecule has 150 valence electrons. The summed E-state index contributed by atoms with van der Waals surface area (Å²) in [5.41, 5.74) is 3.67. The van der Waals surface area contributed by atoms with Gasteiger partial charge in [-0.05, 0) is 38.0 Å². The fraction of sp³-hybridized carbons (Fsp3) is 0.435. The van der Waals surface area contributed by atoms with Crippen LogP contribution in [0.3, 0.4) is 0 Å². The van der Waals surface area contributed by atoms with Gasteiger partial charge in [-0.2, -0.15) is 0 Å². The van der Waals surface area contributed by atoms with Gasteiger partial charge in [-0.1, -0.05) is 48.0 Å². The number of carbonyl (C=O) groups is 1. The monoisotopic (exact) mass is 398 g/mol. The molecule has 1 fully saturated rings. The first-order chi connectivity index (χ1) is 13.5. The average Bonchev–Trinajstić information content (AvgIpc) is 2.70. The molecule has 0 saturated carbocycles. The number of nitrogens with zero attached hydrogens (tertiary/aromatic N) is 1. The summed E-state index contributed by atoms with van der Waals surface area (Å²) in [4.78, 5) is 16.3. The van der Waals surface area contributed by atoms with Crippen molar-refractivity contribution in [2.75, 3.05) is 32.1 Å². The van der Waals surface area contributed by atoms with Crippen LogP contribution in [-0.2, 0) is 9.53 Å². The number of thioether (sulfide) groups is 1. The molecule has 0 spiro atoms. The van der Waals surface area contributed by atoms with Crippen LogP contribution in [0, 0.1) is 13.8 Å². The Morgan fingerprint density at radius 1 is 1.14 bits per heavy atom. The van der Waals surface area contributed by atoms with Crippen molar-refractivity contribution in [2.45, 2.75) is 37.8 Å². The lowest BCUT2D eigenvalue weighted by Gasteiger charge is -2.38. The second-order valence-electron chi connectivity index (χ2n) is 7.42. The lowest BCUT2D eigenvalue weighted by molar-refractivity contribution is -0.119. The van der Waals surface area contributed by atoms with Crippen LogP contribution in [0.5, 0.6) is 0 Å². The Kier molecular flexibility index (Phi) is 7.54. The van der Waals surface area contributed by atoms with Gasteiger partial charge >= 0.3 is 0 Å². The summed E-state index contributed by atoms with van der Waals surface area (Å²) in [5.74, 6) is 0.506. The van der Waals surface area contributed by atoms with E-state index >= 15 is 0 Å². The largest absolute Gasteiger partial charge is 0.379 e. The first kappa shape index (κ1) is 20.9. The van der Waals surface area contributed by atoms with Crippen LogP contribution < -0.4 is 5.32 Å². The van der Waals surface area contributed by atoms with Crippen LogP contribution in [0.2, 0.25) is 0 Å². The minimum atomic E-state index is 0.0206. The second-order valence-corrected chi connectivity index (χ2v) is 8.43. The van der Waals surface area contributed by atoms with E-state index in [2.05, 4.69) is 73.5 Å². The Balaban J connectivity index is 1.64. The van der Waals surface area contributed by atoms with Gasteiger partial charge in [0.2, 0.25) is 5.91 Å². The molecule has 1 saturated heterocycles. The van der Waals surface area contributed by atoms with Crippen LogP contribution in [0.15, 0.2) is 53.4 Å². The highest BCUT2D eigenvalue weighted by molar-refractivity contribution is 8.00. The zero-order valence-corrected chi connectivity index (χ0v) is 17.8. The summed E-state index contributed by atoms with van der Waals surface area (Å²) >= 11 is 1.61. The number of amides is 1. The minimum absolute atomic E-state index is 0.0206. The molecule has 28 heavy (non-hydrogen) atoms. The van der Waals surface area contributed by atoms with Gasteiger partial charge < -0.3 is 10.1 Å². The Bertz CT molecular complexity index is 775. The molecule has 1 amide bonds. The lowest BCUT2D eigenvalue weighted by Crippen LogP contribution is -2.48. The molecule has 2 aromatic carbocycles. The van der Waals surface area contributed by atoms with Crippen LogP contribution in [0.4, 0.5) is 0 Å². The van der Waals surface area contributed by atoms with Gasteiger partial charge in [0, 0.05) is 24.0 Å². The molecule has 0 aliphatic carbocycles. The molecular weight excluding hydrogens is 368 g/mol. The number of ether oxygens (including phenoxy) is 1. The van der Waals surface area contributed by atoms with E-state index in [1.165, 1.54) is 21.6 Å². The van der Waals surface area contributed by atoms with Gasteiger partial charge in [-0.15, -0.1) is 11.8 Å². The third kappa shape index (κ3) is 5.60. The third-order valence-corrected chi connectivity index (χ3v) is 6.30. The minimum Gasteiger partial charge on any atom is -0.379 e. The summed E-state index contributed by atoms with van der Waals surface area (Å²) in [7, 11) is 0. The molecular formula is C23H30N2O2S. The number of benzene rings is 2. The first-order valence-electron chi connectivity index (χ1n) is 9.91. The van der Waals surface area contributed by atoms with Gasteiger partial charge in [-0.25, -0.2) is 0 Å². The molecule has 0 bridgehead atoms. The molecule has 2 atom stereocenters. The number of rotatable bonds is 7. The highest BCUT2D eigenvalue weighted by atomic mass is 32.2. The maximum Gasteiger partial charge on any atom is 0.230 e. The zero-order chi connectivity index (χ0) is 19.9. The molecule has 0 unspecified atom stereocenters. The normalized spacial score (nSPS) is 17.1. The summed E-state index contributed by atoms with van der Waals surface area (Å²) in [6.07, 6.45) is 0. The molecule has 2 aromatic rings. The van der Waals surface area contributed by atoms with Crippen LogP contribution in [-0.4, -0.2) is 48.9 Å². The smallest absolute Gasteiger partial charge is 0.230 e. The van der Waals surface area contributed by atoms with Crippen molar-refractivity contribution in [1.82, 2.24) is 10.2 Å².